The fraction of sp³-hybridized carbons (Fsp3) is 0.130. The summed E-state index contributed by atoms with van der Waals surface area (Å²) < 4.78 is 51.4. The zero-order valence-corrected chi connectivity index (χ0v) is 18.1. The third kappa shape index (κ3) is 5.90. The summed E-state index contributed by atoms with van der Waals surface area (Å²) in [7, 11) is 0. The second-order valence-electron chi connectivity index (χ2n) is 7.05. The number of rotatable bonds is 7. The van der Waals surface area contributed by atoms with Crippen LogP contribution < -0.4 is 15.2 Å². The van der Waals surface area contributed by atoms with E-state index in [9.17, 15) is 18.0 Å². The Morgan fingerprint density at radius 2 is 1.85 bits per heavy atom. The van der Waals surface area contributed by atoms with Crippen LogP contribution in [0.25, 0.3) is 0 Å². The van der Waals surface area contributed by atoms with Crippen LogP contribution in [0.15, 0.2) is 78.1 Å². The van der Waals surface area contributed by atoms with Crippen molar-refractivity contribution in [3.05, 3.63) is 106 Å². The Bertz CT molecular complexity index is 1330. The Hall–Kier alpha value is -3.92. The van der Waals surface area contributed by atoms with Gasteiger partial charge in [0.15, 0.2) is 0 Å². The molecule has 3 aromatic heterocycles. The monoisotopic (exact) mass is 488 g/mol. The molecule has 0 saturated carbocycles. The molecule has 0 bridgehead atoms. The number of hydrogen-bond acceptors (Lipinski definition) is 6. The zero-order valence-electron chi connectivity index (χ0n) is 17.4. The molecule has 174 valence electrons. The van der Waals surface area contributed by atoms with Gasteiger partial charge in [-0.3, -0.25) is 14.5 Å². The minimum atomic E-state index is -4.59. The van der Waals surface area contributed by atoms with E-state index in [0.717, 1.165) is 17.7 Å². The Balaban J connectivity index is 1.36. The van der Waals surface area contributed by atoms with Crippen LogP contribution in [-0.4, -0.2) is 19.5 Å². The molecule has 0 N–H and O–H groups in total. The number of aromatic nitrogens is 4. The molecule has 0 aliphatic rings. The van der Waals surface area contributed by atoms with E-state index in [0.29, 0.717) is 12.2 Å². The highest BCUT2D eigenvalue weighted by molar-refractivity contribution is 6.31. The Kier molecular flexibility index (Phi) is 6.78. The lowest BCUT2D eigenvalue weighted by molar-refractivity contribution is -0.137. The summed E-state index contributed by atoms with van der Waals surface area (Å²) in [6, 6.07) is 11.6. The molecule has 0 aliphatic carbocycles. The van der Waals surface area contributed by atoms with Crippen molar-refractivity contribution < 1.29 is 22.6 Å². The predicted octanol–water partition coefficient (Wildman–Crippen LogP) is 5.13. The van der Waals surface area contributed by atoms with E-state index in [1.54, 1.807) is 36.8 Å². The van der Waals surface area contributed by atoms with Gasteiger partial charge in [-0.25, -0.2) is 4.79 Å². The Labute approximate surface area is 196 Å². The van der Waals surface area contributed by atoms with Crippen molar-refractivity contribution in [1.82, 2.24) is 19.5 Å². The van der Waals surface area contributed by atoms with Crippen molar-refractivity contribution in [2.24, 2.45) is 0 Å². The van der Waals surface area contributed by atoms with E-state index >= 15 is 0 Å². The summed E-state index contributed by atoms with van der Waals surface area (Å²) in [6.07, 6.45) is 1.64. The molecule has 0 unspecified atom stereocenters. The number of benzene rings is 1. The maximum absolute atomic E-state index is 13.0. The normalized spacial score (nSPS) is 11.3. The van der Waals surface area contributed by atoms with Gasteiger partial charge in [0.1, 0.15) is 18.1 Å². The Morgan fingerprint density at radius 1 is 1.03 bits per heavy atom. The third-order valence-corrected chi connectivity index (χ3v) is 4.90. The zero-order chi connectivity index (χ0) is 24.1. The predicted molar refractivity (Wildman–Crippen MR) is 117 cm³/mol. The number of halogens is 4. The largest absolute Gasteiger partial charge is 0.471 e. The first-order chi connectivity index (χ1) is 16.3. The van der Waals surface area contributed by atoms with Crippen molar-refractivity contribution in [3.63, 3.8) is 0 Å². The van der Waals surface area contributed by atoms with Crippen LogP contribution in [0.1, 0.15) is 16.8 Å². The van der Waals surface area contributed by atoms with Gasteiger partial charge in [0.25, 0.3) is 0 Å². The lowest BCUT2D eigenvalue weighted by Gasteiger charge is -2.12. The molecular weight excluding hydrogens is 473 g/mol. The van der Waals surface area contributed by atoms with Gasteiger partial charge >= 0.3 is 11.9 Å². The number of alkyl halides is 3. The number of nitrogens with zero attached hydrogens (tertiary/aromatic N) is 4. The van der Waals surface area contributed by atoms with Crippen LogP contribution in [-0.2, 0) is 19.3 Å². The fourth-order valence-electron chi connectivity index (χ4n) is 2.93. The highest BCUT2D eigenvalue weighted by Crippen LogP contribution is 2.37. The molecule has 3 heterocycles. The van der Waals surface area contributed by atoms with Crippen molar-refractivity contribution in [1.29, 1.82) is 0 Å². The molecule has 34 heavy (non-hydrogen) atoms. The van der Waals surface area contributed by atoms with E-state index in [4.69, 9.17) is 21.1 Å². The number of ether oxygens (including phenoxy) is 2. The molecular formula is C23H16ClF3N4O3. The SMILES string of the molecule is O=c1nc(OCc2ccc(Oc3ccc(Cl)c(C(F)(F)F)c3)cn2)ccn1Cc1cccnc1. The van der Waals surface area contributed by atoms with Crippen molar-refractivity contribution in [3.8, 4) is 17.4 Å². The molecule has 0 atom stereocenters. The van der Waals surface area contributed by atoms with E-state index in [1.807, 2.05) is 6.07 Å². The molecule has 4 aromatic rings. The molecule has 0 amide bonds. The van der Waals surface area contributed by atoms with Gasteiger partial charge in [-0.2, -0.15) is 18.2 Å². The highest BCUT2D eigenvalue weighted by Gasteiger charge is 2.33. The fourth-order valence-corrected chi connectivity index (χ4v) is 3.15. The number of pyridine rings is 2. The average Bonchev–Trinajstić information content (AvgIpc) is 2.81. The maximum Gasteiger partial charge on any atom is 0.417 e. The van der Waals surface area contributed by atoms with E-state index in [-0.39, 0.29) is 24.0 Å². The highest BCUT2D eigenvalue weighted by atomic mass is 35.5. The van der Waals surface area contributed by atoms with Crippen LogP contribution in [0.5, 0.6) is 17.4 Å². The van der Waals surface area contributed by atoms with Gasteiger partial charge in [0, 0.05) is 24.7 Å². The van der Waals surface area contributed by atoms with Crippen LogP contribution in [0.2, 0.25) is 5.02 Å². The molecule has 0 aliphatic heterocycles. The molecule has 0 fully saturated rings. The molecule has 4 rings (SSSR count). The second-order valence-corrected chi connectivity index (χ2v) is 7.46. The molecule has 0 spiro atoms. The standard InChI is InChI=1S/C23H16ClF3N4O3/c24-20-6-5-17(10-19(20)23(25,26)27)34-18-4-3-16(29-12-18)14-33-21-7-9-31(22(32)30-21)13-15-2-1-8-28-11-15/h1-12H,13-14H2. The van der Waals surface area contributed by atoms with Gasteiger partial charge in [-0.15, -0.1) is 0 Å². The van der Waals surface area contributed by atoms with Gasteiger partial charge in [-0.1, -0.05) is 17.7 Å². The van der Waals surface area contributed by atoms with E-state index < -0.39 is 22.5 Å². The van der Waals surface area contributed by atoms with Gasteiger partial charge < -0.3 is 9.47 Å². The minimum Gasteiger partial charge on any atom is -0.471 e. The lowest BCUT2D eigenvalue weighted by atomic mass is 10.2. The summed E-state index contributed by atoms with van der Waals surface area (Å²) >= 11 is 5.61. The van der Waals surface area contributed by atoms with Crippen molar-refractivity contribution >= 4 is 11.6 Å². The summed E-state index contributed by atoms with van der Waals surface area (Å²) in [6.45, 7) is 0.361. The van der Waals surface area contributed by atoms with Crippen molar-refractivity contribution in [2.75, 3.05) is 0 Å². The minimum absolute atomic E-state index is 0.0263. The molecule has 7 nitrogen and oxygen atoms in total. The van der Waals surface area contributed by atoms with Crippen LogP contribution >= 0.6 is 11.6 Å². The molecule has 0 radical (unpaired) electrons. The smallest absolute Gasteiger partial charge is 0.417 e. The molecule has 1 aromatic carbocycles. The lowest BCUT2D eigenvalue weighted by Crippen LogP contribution is -2.23. The van der Waals surface area contributed by atoms with Crippen LogP contribution in [0.4, 0.5) is 13.2 Å². The first kappa shape index (κ1) is 23.2. The molecule has 11 heteroatoms. The summed E-state index contributed by atoms with van der Waals surface area (Å²) in [5, 5.41) is -0.413. The van der Waals surface area contributed by atoms with Gasteiger partial charge in [0.05, 0.1) is 29.0 Å². The van der Waals surface area contributed by atoms with Gasteiger partial charge in [-0.05, 0) is 42.0 Å². The van der Waals surface area contributed by atoms with Crippen molar-refractivity contribution in [2.45, 2.75) is 19.3 Å². The van der Waals surface area contributed by atoms with E-state index in [2.05, 4.69) is 15.0 Å². The Morgan fingerprint density at radius 3 is 2.53 bits per heavy atom. The van der Waals surface area contributed by atoms with Crippen LogP contribution in [0.3, 0.4) is 0 Å². The third-order valence-electron chi connectivity index (χ3n) is 4.57. The summed E-state index contributed by atoms with van der Waals surface area (Å²) in [5.41, 5.74) is -0.0978. The topological polar surface area (TPSA) is 79.1 Å². The quantitative estimate of drug-likeness (QED) is 0.359. The van der Waals surface area contributed by atoms with E-state index in [1.165, 1.54) is 22.9 Å². The second kappa shape index (κ2) is 9.92. The summed E-state index contributed by atoms with van der Waals surface area (Å²) in [5.74, 6) is 0.337. The average molecular weight is 489 g/mol. The number of hydrogen-bond donors (Lipinski definition) is 0. The first-order valence-corrected chi connectivity index (χ1v) is 10.2. The molecule has 0 saturated heterocycles. The summed E-state index contributed by atoms with van der Waals surface area (Å²) in [4.78, 5) is 24.3. The van der Waals surface area contributed by atoms with Gasteiger partial charge in [0.2, 0.25) is 5.88 Å². The van der Waals surface area contributed by atoms with Crippen LogP contribution in [0, 0.1) is 0 Å². The first-order valence-electron chi connectivity index (χ1n) is 9.87. The maximum atomic E-state index is 13.0.